The summed E-state index contributed by atoms with van der Waals surface area (Å²) in [7, 11) is -0.560. The van der Waals surface area contributed by atoms with Crippen LogP contribution in [0.15, 0.2) is 42.6 Å². The molecule has 1 aromatic carbocycles. The Morgan fingerprint density at radius 3 is 1.96 bits per heavy atom. The molecule has 1 aromatic heterocycles. The van der Waals surface area contributed by atoms with Crippen LogP contribution in [-0.2, 0) is 21.1 Å². The number of aliphatic hydroxyl groups is 1. The van der Waals surface area contributed by atoms with Crippen LogP contribution in [0.1, 0.15) is 51.4 Å². The Labute approximate surface area is 162 Å². The molecule has 0 spiro atoms. The smallest absolute Gasteiger partial charge is 0.399 e. The van der Waals surface area contributed by atoms with E-state index in [0.717, 1.165) is 23.8 Å². The fourth-order valence-corrected chi connectivity index (χ4v) is 2.96. The monoisotopic (exact) mass is 393 g/mol. The van der Waals surface area contributed by atoms with Gasteiger partial charge in [0.2, 0.25) is 0 Å². The molecule has 8 heteroatoms. The van der Waals surface area contributed by atoms with Crippen molar-refractivity contribution < 1.29 is 27.6 Å². The van der Waals surface area contributed by atoms with Crippen molar-refractivity contribution in [3.63, 3.8) is 0 Å². The molecule has 0 bridgehead atoms. The normalized spacial score (nSPS) is 20.8. The van der Waals surface area contributed by atoms with E-state index in [1.807, 2.05) is 27.7 Å². The van der Waals surface area contributed by atoms with Crippen molar-refractivity contribution in [1.29, 1.82) is 0 Å². The first-order valence-electron chi connectivity index (χ1n) is 8.96. The highest BCUT2D eigenvalue weighted by Crippen LogP contribution is 2.37. The molecule has 1 aliphatic rings. The minimum atomic E-state index is -4.51. The summed E-state index contributed by atoms with van der Waals surface area (Å²) in [6, 6.07) is 8.49. The van der Waals surface area contributed by atoms with Gasteiger partial charge in [0.15, 0.2) is 0 Å². The predicted octanol–water partition coefficient (Wildman–Crippen LogP) is 3.66. The summed E-state index contributed by atoms with van der Waals surface area (Å²) in [5.41, 5.74) is -2.41. The van der Waals surface area contributed by atoms with Crippen molar-refractivity contribution in [2.45, 2.75) is 57.6 Å². The number of hydrogen-bond acceptors (Lipinski definition) is 4. The number of benzene rings is 1. The maximum absolute atomic E-state index is 13.0. The zero-order valence-electron chi connectivity index (χ0n) is 16.5. The maximum atomic E-state index is 13.0. The van der Waals surface area contributed by atoms with E-state index in [0.29, 0.717) is 5.56 Å². The number of rotatable bonds is 3. The number of halogens is 3. The molecule has 0 radical (unpaired) electrons. The quantitative estimate of drug-likeness (QED) is 0.809. The lowest BCUT2D eigenvalue weighted by Gasteiger charge is -2.32. The molecule has 28 heavy (non-hydrogen) atoms. The topological polar surface area (TPSA) is 51.6 Å². The van der Waals surface area contributed by atoms with Crippen LogP contribution in [0.3, 0.4) is 0 Å². The zero-order valence-corrected chi connectivity index (χ0v) is 16.5. The molecule has 1 aliphatic heterocycles. The minimum absolute atomic E-state index is 0.0780. The highest BCUT2D eigenvalue weighted by atomic mass is 19.4. The highest BCUT2D eigenvalue weighted by Gasteiger charge is 2.51. The molecule has 1 atom stereocenters. The van der Waals surface area contributed by atoms with Gasteiger partial charge in [-0.15, -0.1) is 0 Å². The van der Waals surface area contributed by atoms with Gasteiger partial charge in [0.25, 0.3) is 0 Å². The molecule has 1 N–H and O–H groups in total. The Morgan fingerprint density at radius 2 is 1.46 bits per heavy atom. The van der Waals surface area contributed by atoms with Crippen molar-refractivity contribution in [1.82, 2.24) is 4.98 Å². The van der Waals surface area contributed by atoms with Crippen LogP contribution in [-0.4, -0.2) is 28.4 Å². The molecule has 2 heterocycles. The summed E-state index contributed by atoms with van der Waals surface area (Å²) < 4.78 is 50.9. The molecular weight excluding hydrogens is 370 g/mol. The largest absolute Gasteiger partial charge is 0.494 e. The van der Waals surface area contributed by atoms with E-state index < -0.39 is 35.7 Å². The number of alkyl halides is 3. The molecule has 3 rings (SSSR count). The van der Waals surface area contributed by atoms with Gasteiger partial charge in [-0.05, 0) is 57.8 Å². The van der Waals surface area contributed by atoms with Gasteiger partial charge in [-0.1, -0.05) is 24.3 Å². The third kappa shape index (κ3) is 3.68. The molecule has 4 nitrogen and oxygen atoms in total. The highest BCUT2D eigenvalue weighted by molar-refractivity contribution is 6.62. The maximum Gasteiger partial charge on any atom is 0.494 e. The van der Waals surface area contributed by atoms with Gasteiger partial charge in [0.1, 0.15) is 5.60 Å². The Balaban J connectivity index is 1.87. The third-order valence-electron chi connectivity index (χ3n) is 5.58. The zero-order chi connectivity index (χ0) is 21.0. The second-order valence-electron chi connectivity index (χ2n) is 8.21. The van der Waals surface area contributed by atoms with Crippen LogP contribution < -0.4 is 5.46 Å². The van der Waals surface area contributed by atoms with E-state index in [1.165, 1.54) is 6.92 Å². The average molecular weight is 393 g/mol. The van der Waals surface area contributed by atoms with Gasteiger partial charge in [-0.3, -0.25) is 4.98 Å². The standard InChI is InChI=1S/C20H23BF3NO3/c1-17(2)18(3,4)28-21(27-17)15-8-6-13(7-9-15)19(5,26)16-12-14(10-11-25-16)20(22,23)24/h6-12,26H,1-5H3. The van der Waals surface area contributed by atoms with Crippen LogP contribution in [0.2, 0.25) is 0 Å². The summed E-state index contributed by atoms with van der Waals surface area (Å²) in [4.78, 5) is 3.94. The van der Waals surface area contributed by atoms with Crippen molar-refractivity contribution in [3.8, 4) is 0 Å². The predicted molar refractivity (Wildman–Crippen MR) is 100 cm³/mol. The third-order valence-corrected chi connectivity index (χ3v) is 5.58. The fourth-order valence-electron chi connectivity index (χ4n) is 2.96. The van der Waals surface area contributed by atoms with Gasteiger partial charge in [-0.2, -0.15) is 13.2 Å². The van der Waals surface area contributed by atoms with E-state index in [4.69, 9.17) is 9.31 Å². The summed E-state index contributed by atoms with van der Waals surface area (Å²) in [5, 5.41) is 10.9. The van der Waals surface area contributed by atoms with Crippen molar-refractivity contribution in [2.24, 2.45) is 0 Å². The van der Waals surface area contributed by atoms with Crippen molar-refractivity contribution in [2.75, 3.05) is 0 Å². The summed E-state index contributed by atoms with van der Waals surface area (Å²) >= 11 is 0. The Bertz CT molecular complexity index is 848. The van der Waals surface area contributed by atoms with Crippen LogP contribution in [0, 0.1) is 0 Å². The van der Waals surface area contributed by atoms with Crippen molar-refractivity contribution >= 4 is 12.6 Å². The molecule has 1 unspecified atom stereocenters. The average Bonchev–Trinajstić information content (AvgIpc) is 2.82. The first-order chi connectivity index (χ1) is 12.7. The number of aromatic nitrogens is 1. The minimum Gasteiger partial charge on any atom is -0.399 e. The lowest BCUT2D eigenvalue weighted by Crippen LogP contribution is -2.41. The Kier molecular flexibility index (Phi) is 4.89. The van der Waals surface area contributed by atoms with E-state index >= 15 is 0 Å². The Hall–Kier alpha value is -1.90. The van der Waals surface area contributed by atoms with E-state index in [2.05, 4.69) is 4.98 Å². The molecule has 1 saturated heterocycles. The van der Waals surface area contributed by atoms with Crippen LogP contribution >= 0.6 is 0 Å². The lowest BCUT2D eigenvalue weighted by molar-refractivity contribution is -0.137. The number of nitrogens with zero attached hydrogens (tertiary/aromatic N) is 1. The Morgan fingerprint density at radius 1 is 0.929 bits per heavy atom. The van der Waals surface area contributed by atoms with Crippen LogP contribution in [0.4, 0.5) is 13.2 Å². The van der Waals surface area contributed by atoms with E-state index in [9.17, 15) is 18.3 Å². The first kappa shape index (κ1) is 20.8. The van der Waals surface area contributed by atoms with Crippen molar-refractivity contribution in [3.05, 3.63) is 59.4 Å². The van der Waals surface area contributed by atoms with Gasteiger partial charge in [-0.25, -0.2) is 0 Å². The molecule has 0 amide bonds. The number of pyridine rings is 1. The molecular formula is C20H23BF3NO3. The fraction of sp³-hybridized carbons (Fsp3) is 0.450. The summed E-state index contributed by atoms with van der Waals surface area (Å²) in [6.45, 7) is 9.22. The van der Waals surface area contributed by atoms with Gasteiger partial charge >= 0.3 is 13.3 Å². The summed E-state index contributed by atoms with van der Waals surface area (Å²) in [5.74, 6) is 0. The lowest BCUT2D eigenvalue weighted by atomic mass is 9.77. The molecule has 150 valence electrons. The van der Waals surface area contributed by atoms with Crippen LogP contribution in [0.25, 0.3) is 0 Å². The molecule has 2 aromatic rings. The second kappa shape index (κ2) is 6.57. The summed E-state index contributed by atoms with van der Waals surface area (Å²) in [6.07, 6.45) is -3.46. The van der Waals surface area contributed by atoms with Crippen LogP contribution in [0.5, 0.6) is 0 Å². The van der Waals surface area contributed by atoms with E-state index in [1.54, 1.807) is 24.3 Å². The molecule has 0 saturated carbocycles. The van der Waals surface area contributed by atoms with Gasteiger partial charge < -0.3 is 14.4 Å². The second-order valence-corrected chi connectivity index (χ2v) is 8.21. The SMILES string of the molecule is CC(O)(c1ccc(B2OC(C)(C)C(C)(C)O2)cc1)c1cc(C(F)(F)F)ccn1. The molecule has 1 fully saturated rings. The molecule has 0 aliphatic carbocycles. The number of hydrogen-bond donors (Lipinski definition) is 1. The van der Waals surface area contributed by atoms with Gasteiger partial charge in [0, 0.05) is 6.20 Å². The van der Waals surface area contributed by atoms with E-state index in [-0.39, 0.29) is 5.69 Å². The van der Waals surface area contributed by atoms with Gasteiger partial charge in [0.05, 0.1) is 22.5 Å². The first-order valence-corrected chi connectivity index (χ1v) is 8.96.